The first kappa shape index (κ1) is 17.8. The van der Waals surface area contributed by atoms with Crippen molar-refractivity contribution < 1.29 is 39.6 Å². The van der Waals surface area contributed by atoms with Gasteiger partial charge in [-0.3, -0.25) is 14.4 Å². The number of amides is 1. The van der Waals surface area contributed by atoms with Crippen molar-refractivity contribution in [1.29, 1.82) is 0 Å². The molecule has 0 aromatic carbocycles. The second-order valence-corrected chi connectivity index (χ2v) is 3.91. The minimum absolute atomic E-state index is 0.435. The summed E-state index contributed by atoms with van der Waals surface area (Å²) < 4.78 is 0. The van der Waals surface area contributed by atoms with Gasteiger partial charge in [-0.25, -0.2) is 4.79 Å². The van der Waals surface area contributed by atoms with Crippen LogP contribution in [0.4, 0.5) is 0 Å². The molecule has 114 valence electrons. The van der Waals surface area contributed by atoms with Gasteiger partial charge in [0.25, 0.3) is 0 Å². The molecule has 0 radical (unpaired) electrons. The van der Waals surface area contributed by atoms with Crippen LogP contribution in [0.15, 0.2) is 0 Å². The normalized spacial score (nSPS) is 13.3. The van der Waals surface area contributed by atoms with Gasteiger partial charge in [0.1, 0.15) is 12.1 Å². The Labute approximate surface area is 113 Å². The van der Waals surface area contributed by atoms with E-state index in [0.29, 0.717) is 4.90 Å². The van der Waals surface area contributed by atoms with Crippen LogP contribution in [0.25, 0.3) is 0 Å². The summed E-state index contributed by atoms with van der Waals surface area (Å²) in [5, 5.41) is 34.9. The number of carboxylic acids is 3. The zero-order chi connectivity index (χ0) is 15.9. The molecule has 6 N–H and O–H groups in total. The third kappa shape index (κ3) is 5.63. The van der Waals surface area contributed by atoms with Crippen molar-refractivity contribution in [2.24, 2.45) is 5.73 Å². The SMILES string of the molecule is N[C@@H](CC(=O)N(CCO)C(CC(=O)O)C(=O)O)C(=O)O. The van der Waals surface area contributed by atoms with Crippen LogP contribution in [0.1, 0.15) is 12.8 Å². The highest BCUT2D eigenvalue weighted by Gasteiger charge is 2.32. The van der Waals surface area contributed by atoms with Gasteiger partial charge in [-0.2, -0.15) is 0 Å². The lowest BCUT2D eigenvalue weighted by Crippen LogP contribution is -2.49. The second-order valence-electron chi connectivity index (χ2n) is 3.91. The molecule has 10 heteroatoms. The Kier molecular flexibility index (Phi) is 7.18. The molecule has 0 aromatic heterocycles. The average molecular weight is 292 g/mol. The van der Waals surface area contributed by atoms with Crippen molar-refractivity contribution in [1.82, 2.24) is 4.90 Å². The van der Waals surface area contributed by atoms with Gasteiger partial charge in [-0.15, -0.1) is 0 Å². The standard InChI is InChI=1S/C10H16N2O8/c11-5(9(17)18)3-7(14)12(1-2-13)6(10(19)20)4-8(15)16/h5-6,13H,1-4,11H2,(H,15,16)(H,17,18)(H,19,20)/t5-,6?/m0/s1. The molecule has 0 aromatic rings. The lowest BCUT2D eigenvalue weighted by Gasteiger charge is -2.28. The van der Waals surface area contributed by atoms with Crippen molar-refractivity contribution in [3.63, 3.8) is 0 Å². The van der Waals surface area contributed by atoms with E-state index in [1.807, 2.05) is 0 Å². The fraction of sp³-hybridized carbons (Fsp3) is 0.600. The summed E-state index contributed by atoms with van der Waals surface area (Å²) in [5.74, 6) is -5.43. The highest BCUT2D eigenvalue weighted by molar-refractivity contribution is 5.89. The third-order valence-corrected chi connectivity index (χ3v) is 2.40. The van der Waals surface area contributed by atoms with Crippen molar-refractivity contribution in [3.8, 4) is 0 Å². The highest BCUT2D eigenvalue weighted by atomic mass is 16.4. The van der Waals surface area contributed by atoms with Gasteiger partial charge in [-0.05, 0) is 0 Å². The topological polar surface area (TPSA) is 178 Å². The van der Waals surface area contributed by atoms with Crippen LogP contribution in [0.2, 0.25) is 0 Å². The van der Waals surface area contributed by atoms with E-state index in [1.54, 1.807) is 0 Å². The van der Waals surface area contributed by atoms with Gasteiger partial charge in [0.15, 0.2) is 0 Å². The minimum atomic E-state index is -1.70. The maximum Gasteiger partial charge on any atom is 0.327 e. The molecule has 0 bridgehead atoms. The van der Waals surface area contributed by atoms with E-state index in [9.17, 15) is 19.2 Å². The van der Waals surface area contributed by atoms with E-state index in [2.05, 4.69) is 0 Å². The molecule has 0 heterocycles. The quantitative estimate of drug-likeness (QED) is 0.308. The summed E-state index contributed by atoms with van der Waals surface area (Å²) in [4.78, 5) is 44.5. The molecule has 0 saturated carbocycles. The number of aliphatic hydroxyl groups is 1. The number of carboxylic acid groups (broad SMARTS) is 3. The number of carbonyl (C=O) groups is 4. The minimum Gasteiger partial charge on any atom is -0.481 e. The Morgan fingerprint density at radius 2 is 1.55 bits per heavy atom. The van der Waals surface area contributed by atoms with Crippen LogP contribution < -0.4 is 5.73 Å². The third-order valence-electron chi connectivity index (χ3n) is 2.40. The first-order chi connectivity index (χ1) is 9.20. The summed E-state index contributed by atoms with van der Waals surface area (Å²) in [6.07, 6.45) is -1.57. The Morgan fingerprint density at radius 3 is 1.90 bits per heavy atom. The summed E-state index contributed by atoms with van der Waals surface area (Å²) >= 11 is 0. The van der Waals surface area contributed by atoms with Crippen LogP contribution in [0.3, 0.4) is 0 Å². The second kappa shape index (κ2) is 8.07. The van der Waals surface area contributed by atoms with Crippen LogP contribution in [0.5, 0.6) is 0 Å². The van der Waals surface area contributed by atoms with Gasteiger partial charge in [0.2, 0.25) is 5.91 Å². The Morgan fingerprint density at radius 1 is 1.00 bits per heavy atom. The van der Waals surface area contributed by atoms with Crippen LogP contribution in [-0.4, -0.2) is 74.4 Å². The zero-order valence-corrected chi connectivity index (χ0v) is 10.4. The lowest BCUT2D eigenvalue weighted by molar-refractivity contribution is -0.155. The summed E-state index contributed by atoms with van der Waals surface area (Å²) in [7, 11) is 0. The summed E-state index contributed by atoms with van der Waals surface area (Å²) in [6, 6.07) is -3.24. The van der Waals surface area contributed by atoms with Crippen LogP contribution in [0, 0.1) is 0 Å². The number of aliphatic hydroxyl groups excluding tert-OH is 1. The van der Waals surface area contributed by atoms with Gasteiger partial charge >= 0.3 is 17.9 Å². The van der Waals surface area contributed by atoms with Crippen molar-refractivity contribution in [3.05, 3.63) is 0 Å². The summed E-state index contributed by atoms with van der Waals surface area (Å²) in [6.45, 7) is -1.03. The average Bonchev–Trinajstić information content (AvgIpc) is 2.32. The van der Waals surface area contributed by atoms with Crippen molar-refractivity contribution in [2.75, 3.05) is 13.2 Å². The fourth-order valence-electron chi connectivity index (χ4n) is 1.45. The number of hydrogen-bond donors (Lipinski definition) is 5. The molecule has 20 heavy (non-hydrogen) atoms. The highest BCUT2D eigenvalue weighted by Crippen LogP contribution is 2.09. The van der Waals surface area contributed by atoms with E-state index in [1.165, 1.54) is 0 Å². The monoisotopic (exact) mass is 292 g/mol. The molecular formula is C10H16N2O8. The Hall–Kier alpha value is -2.20. The molecule has 1 unspecified atom stereocenters. The van der Waals surface area contributed by atoms with Crippen LogP contribution >= 0.6 is 0 Å². The molecule has 10 nitrogen and oxygen atoms in total. The molecule has 0 aliphatic rings. The summed E-state index contributed by atoms with van der Waals surface area (Å²) in [5.41, 5.74) is 5.16. The van der Waals surface area contributed by atoms with Gasteiger partial charge in [-0.1, -0.05) is 0 Å². The molecule has 1 amide bonds. The molecule has 0 saturated heterocycles. The van der Waals surface area contributed by atoms with Crippen LogP contribution in [-0.2, 0) is 19.2 Å². The number of hydrogen-bond acceptors (Lipinski definition) is 6. The van der Waals surface area contributed by atoms with Crippen molar-refractivity contribution in [2.45, 2.75) is 24.9 Å². The molecular weight excluding hydrogens is 276 g/mol. The Balaban J connectivity index is 5.07. The van der Waals surface area contributed by atoms with E-state index in [-0.39, 0.29) is 0 Å². The zero-order valence-electron chi connectivity index (χ0n) is 10.4. The molecule has 0 spiro atoms. The van der Waals surface area contributed by atoms with Gasteiger partial charge in [0, 0.05) is 6.54 Å². The smallest absolute Gasteiger partial charge is 0.327 e. The predicted molar refractivity (Wildman–Crippen MR) is 62.7 cm³/mol. The largest absolute Gasteiger partial charge is 0.481 e. The first-order valence-electron chi connectivity index (χ1n) is 5.54. The van der Waals surface area contributed by atoms with E-state index in [4.69, 9.17) is 26.2 Å². The molecule has 2 atom stereocenters. The number of rotatable bonds is 9. The molecule has 0 aliphatic carbocycles. The van der Waals surface area contributed by atoms with Gasteiger partial charge < -0.3 is 31.1 Å². The molecule has 0 fully saturated rings. The number of aliphatic carboxylic acids is 3. The lowest BCUT2D eigenvalue weighted by atomic mass is 10.1. The van der Waals surface area contributed by atoms with Crippen molar-refractivity contribution >= 4 is 23.8 Å². The number of nitrogens with zero attached hydrogens (tertiary/aromatic N) is 1. The fourth-order valence-corrected chi connectivity index (χ4v) is 1.45. The maximum atomic E-state index is 11.8. The Bertz CT molecular complexity index is 397. The van der Waals surface area contributed by atoms with Gasteiger partial charge in [0.05, 0.1) is 19.4 Å². The molecule has 0 rings (SSSR count). The number of nitrogens with two attached hydrogens (primary N) is 1. The predicted octanol–water partition coefficient (Wildman–Crippen LogP) is -2.46. The van der Waals surface area contributed by atoms with E-state index in [0.717, 1.165) is 0 Å². The number of carbonyl (C=O) groups excluding carboxylic acids is 1. The first-order valence-corrected chi connectivity index (χ1v) is 5.54. The maximum absolute atomic E-state index is 11.8. The molecule has 0 aliphatic heterocycles. The van der Waals surface area contributed by atoms with E-state index < -0.39 is 61.9 Å². The van der Waals surface area contributed by atoms with E-state index >= 15 is 0 Å².